The van der Waals surface area contributed by atoms with Crippen molar-refractivity contribution in [3.8, 4) is 0 Å². The van der Waals surface area contributed by atoms with Crippen LogP contribution in [0.15, 0.2) is 24.3 Å². The Morgan fingerprint density at radius 3 is 2.68 bits per heavy atom. The van der Waals surface area contributed by atoms with E-state index in [0.717, 1.165) is 30.9 Å². The second-order valence-corrected chi connectivity index (χ2v) is 6.33. The summed E-state index contributed by atoms with van der Waals surface area (Å²) >= 11 is 0. The van der Waals surface area contributed by atoms with Gasteiger partial charge in [0.1, 0.15) is 0 Å². The summed E-state index contributed by atoms with van der Waals surface area (Å²) < 4.78 is 0. The Labute approximate surface area is 131 Å². The fraction of sp³-hybridized carbons (Fsp3) is 0.529. The summed E-state index contributed by atoms with van der Waals surface area (Å²) in [6.45, 7) is 6.96. The average molecular weight is 301 g/mol. The third-order valence-electron chi connectivity index (χ3n) is 4.60. The Balaban J connectivity index is 1.71. The summed E-state index contributed by atoms with van der Waals surface area (Å²) in [6, 6.07) is 8.10. The maximum absolute atomic E-state index is 12.7. The van der Waals surface area contributed by atoms with Gasteiger partial charge in [-0.1, -0.05) is 17.7 Å². The molecule has 2 amide bonds. The van der Waals surface area contributed by atoms with Gasteiger partial charge in [0.05, 0.1) is 5.92 Å². The summed E-state index contributed by atoms with van der Waals surface area (Å²) in [7, 11) is 0. The molecule has 22 heavy (non-hydrogen) atoms. The first-order valence-corrected chi connectivity index (χ1v) is 7.94. The van der Waals surface area contributed by atoms with Crippen molar-refractivity contribution in [2.24, 2.45) is 5.92 Å². The first-order chi connectivity index (χ1) is 10.6. The van der Waals surface area contributed by atoms with E-state index in [-0.39, 0.29) is 23.8 Å². The second kappa shape index (κ2) is 6.08. The fourth-order valence-corrected chi connectivity index (χ4v) is 3.25. The number of rotatable bonds is 2. The van der Waals surface area contributed by atoms with E-state index < -0.39 is 0 Å². The lowest BCUT2D eigenvalue weighted by molar-refractivity contribution is -0.138. The van der Waals surface area contributed by atoms with Crippen LogP contribution in [0.3, 0.4) is 0 Å². The summed E-state index contributed by atoms with van der Waals surface area (Å²) in [5, 5.41) is 3.29. The molecule has 2 unspecified atom stereocenters. The third kappa shape index (κ3) is 2.86. The van der Waals surface area contributed by atoms with Crippen LogP contribution < -0.4 is 10.2 Å². The minimum Gasteiger partial charge on any atom is -0.337 e. The molecule has 3 rings (SSSR count). The number of hydrogen-bond donors (Lipinski definition) is 1. The van der Waals surface area contributed by atoms with Crippen LogP contribution in [0.5, 0.6) is 0 Å². The zero-order chi connectivity index (χ0) is 15.7. The number of aryl methyl sites for hydroxylation is 1. The van der Waals surface area contributed by atoms with Crippen molar-refractivity contribution < 1.29 is 9.59 Å². The van der Waals surface area contributed by atoms with Gasteiger partial charge in [-0.25, -0.2) is 0 Å². The predicted octanol–water partition coefficient (Wildman–Crippen LogP) is 1.17. The molecule has 2 saturated heterocycles. The lowest BCUT2D eigenvalue weighted by Crippen LogP contribution is -2.54. The molecule has 0 radical (unpaired) electrons. The van der Waals surface area contributed by atoms with Crippen molar-refractivity contribution in [2.45, 2.75) is 26.3 Å². The van der Waals surface area contributed by atoms with E-state index in [1.807, 2.05) is 36.1 Å². The molecule has 118 valence electrons. The van der Waals surface area contributed by atoms with Gasteiger partial charge in [0.25, 0.3) is 0 Å². The highest BCUT2D eigenvalue weighted by Crippen LogP contribution is 2.27. The van der Waals surface area contributed by atoms with Gasteiger partial charge < -0.3 is 15.1 Å². The van der Waals surface area contributed by atoms with Crippen LogP contribution in [-0.2, 0) is 9.59 Å². The first kappa shape index (κ1) is 15.0. The van der Waals surface area contributed by atoms with Gasteiger partial charge in [0.2, 0.25) is 11.8 Å². The van der Waals surface area contributed by atoms with Gasteiger partial charge in [0, 0.05) is 44.3 Å². The third-order valence-corrected chi connectivity index (χ3v) is 4.60. The van der Waals surface area contributed by atoms with E-state index in [2.05, 4.69) is 12.2 Å². The molecule has 0 bridgehead atoms. The van der Waals surface area contributed by atoms with Gasteiger partial charge in [0.15, 0.2) is 0 Å². The van der Waals surface area contributed by atoms with Crippen molar-refractivity contribution in [3.05, 3.63) is 29.8 Å². The van der Waals surface area contributed by atoms with E-state index in [0.29, 0.717) is 13.0 Å². The van der Waals surface area contributed by atoms with Crippen molar-refractivity contribution in [2.75, 3.05) is 31.1 Å². The van der Waals surface area contributed by atoms with Crippen LogP contribution >= 0.6 is 0 Å². The van der Waals surface area contributed by atoms with Gasteiger partial charge in [-0.15, -0.1) is 0 Å². The van der Waals surface area contributed by atoms with Crippen molar-refractivity contribution in [1.82, 2.24) is 10.2 Å². The smallest absolute Gasteiger partial charge is 0.228 e. The number of nitrogens with zero attached hydrogens (tertiary/aromatic N) is 2. The Kier molecular flexibility index (Phi) is 4.16. The quantitative estimate of drug-likeness (QED) is 0.892. The summed E-state index contributed by atoms with van der Waals surface area (Å²) in [6.07, 6.45) is 0.323. The molecular formula is C17H23N3O2. The van der Waals surface area contributed by atoms with Gasteiger partial charge in [-0.2, -0.15) is 0 Å². The number of carbonyl (C=O) groups excluding carboxylic acids is 2. The van der Waals surface area contributed by atoms with E-state index in [9.17, 15) is 9.59 Å². The van der Waals surface area contributed by atoms with Crippen LogP contribution in [0.4, 0.5) is 5.69 Å². The minimum absolute atomic E-state index is 0.0463. The van der Waals surface area contributed by atoms with Crippen LogP contribution in [0.1, 0.15) is 18.9 Å². The Bertz CT molecular complexity index is 570. The number of amides is 2. The Morgan fingerprint density at radius 1 is 1.27 bits per heavy atom. The number of anilines is 1. The maximum atomic E-state index is 12.7. The molecular weight excluding hydrogens is 278 g/mol. The van der Waals surface area contributed by atoms with E-state index in [1.54, 1.807) is 4.90 Å². The normalized spacial score (nSPS) is 25.6. The molecule has 2 heterocycles. The molecule has 2 aliphatic rings. The summed E-state index contributed by atoms with van der Waals surface area (Å²) in [5.74, 6) is -0.0451. The molecule has 0 aliphatic carbocycles. The Hall–Kier alpha value is -1.88. The topological polar surface area (TPSA) is 52.7 Å². The highest BCUT2D eigenvalue weighted by Gasteiger charge is 2.38. The molecule has 0 spiro atoms. The molecule has 1 aromatic carbocycles. The fourth-order valence-electron chi connectivity index (χ4n) is 3.25. The monoisotopic (exact) mass is 301 g/mol. The first-order valence-electron chi connectivity index (χ1n) is 7.94. The van der Waals surface area contributed by atoms with Crippen molar-refractivity contribution in [1.29, 1.82) is 0 Å². The number of benzene rings is 1. The van der Waals surface area contributed by atoms with Crippen molar-refractivity contribution in [3.63, 3.8) is 0 Å². The molecule has 1 N–H and O–H groups in total. The van der Waals surface area contributed by atoms with E-state index >= 15 is 0 Å². The van der Waals surface area contributed by atoms with E-state index in [1.165, 1.54) is 0 Å². The molecule has 1 aromatic rings. The largest absolute Gasteiger partial charge is 0.337 e. The molecule has 5 nitrogen and oxygen atoms in total. The van der Waals surface area contributed by atoms with Crippen LogP contribution in [0, 0.1) is 12.8 Å². The zero-order valence-electron chi connectivity index (χ0n) is 13.2. The van der Waals surface area contributed by atoms with E-state index in [4.69, 9.17) is 0 Å². The average Bonchev–Trinajstić information content (AvgIpc) is 2.90. The lowest BCUT2D eigenvalue weighted by Gasteiger charge is -2.35. The molecule has 5 heteroatoms. The van der Waals surface area contributed by atoms with Gasteiger partial charge in [-0.3, -0.25) is 9.59 Å². The summed E-state index contributed by atoms with van der Waals surface area (Å²) in [5.41, 5.74) is 2.05. The number of hydrogen-bond acceptors (Lipinski definition) is 3. The molecule has 2 atom stereocenters. The zero-order valence-corrected chi connectivity index (χ0v) is 13.2. The highest BCUT2D eigenvalue weighted by molar-refractivity contribution is 6.00. The number of piperazine rings is 1. The van der Waals surface area contributed by atoms with Crippen molar-refractivity contribution >= 4 is 17.5 Å². The van der Waals surface area contributed by atoms with Crippen LogP contribution in [-0.4, -0.2) is 48.9 Å². The highest BCUT2D eigenvalue weighted by atomic mass is 16.2. The molecule has 2 fully saturated rings. The van der Waals surface area contributed by atoms with Crippen LogP contribution in [0.25, 0.3) is 0 Å². The van der Waals surface area contributed by atoms with Gasteiger partial charge in [-0.05, 0) is 26.0 Å². The van der Waals surface area contributed by atoms with Gasteiger partial charge >= 0.3 is 0 Å². The second-order valence-electron chi connectivity index (χ2n) is 6.33. The molecule has 0 saturated carbocycles. The summed E-state index contributed by atoms with van der Waals surface area (Å²) in [4.78, 5) is 28.7. The Morgan fingerprint density at radius 2 is 2.00 bits per heavy atom. The molecule has 2 aliphatic heterocycles. The molecule has 0 aromatic heterocycles. The van der Waals surface area contributed by atoms with Crippen LogP contribution in [0.2, 0.25) is 0 Å². The lowest BCUT2D eigenvalue weighted by atomic mass is 10.1. The standard InChI is InChI=1S/C17H23N3O2/c1-12-3-5-15(6-4-12)20-11-14(9-16(20)21)17(22)19-8-7-18-10-13(19)2/h3-6,13-14,18H,7-11H2,1-2H3. The minimum atomic E-state index is -0.214. The SMILES string of the molecule is Cc1ccc(N2CC(C(=O)N3CCNCC3C)CC2=O)cc1. The predicted molar refractivity (Wildman–Crippen MR) is 85.7 cm³/mol. The maximum Gasteiger partial charge on any atom is 0.228 e. The number of carbonyl (C=O) groups is 2. The number of nitrogens with one attached hydrogen (secondary N) is 1.